The van der Waals surface area contributed by atoms with Crippen molar-refractivity contribution in [1.29, 1.82) is 0 Å². The Kier molecular flexibility index (Phi) is 9.06. The minimum absolute atomic E-state index is 0.182. The second-order valence-electron chi connectivity index (χ2n) is 7.87. The van der Waals surface area contributed by atoms with Crippen LogP contribution in [0.15, 0.2) is 12.7 Å². The summed E-state index contributed by atoms with van der Waals surface area (Å²) in [6.07, 6.45) is 3.20. The zero-order valence-electron chi connectivity index (χ0n) is 15.6. The van der Waals surface area contributed by atoms with Crippen molar-refractivity contribution in [3.05, 3.63) is 12.7 Å². The van der Waals surface area contributed by atoms with E-state index in [9.17, 15) is 5.11 Å². The molecule has 2 nitrogen and oxygen atoms in total. The van der Waals surface area contributed by atoms with E-state index in [1.807, 2.05) is 6.08 Å². The van der Waals surface area contributed by atoms with Crippen molar-refractivity contribution < 1.29 is 5.11 Å². The molecule has 126 valence electrons. The van der Waals surface area contributed by atoms with Crippen LogP contribution < -0.4 is 4.98 Å². The van der Waals surface area contributed by atoms with Gasteiger partial charge in [0.25, 0.3) is 0 Å². The predicted octanol–water partition coefficient (Wildman–Crippen LogP) is 5.10. The summed E-state index contributed by atoms with van der Waals surface area (Å²) >= 11 is 0. The van der Waals surface area contributed by atoms with E-state index in [2.05, 4.69) is 67.0 Å². The molecular weight excluding hydrogens is 274 g/mol. The molecule has 2 atom stereocenters. The monoisotopic (exact) mass is 313 g/mol. The summed E-state index contributed by atoms with van der Waals surface area (Å²) in [5.74, 6) is 0.583. The summed E-state index contributed by atoms with van der Waals surface area (Å²) in [6.45, 7) is 22.4. The summed E-state index contributed by atoms with van der Waals surface area (Å²) in [7, 11) is -1.69. The van der Waals surface area contributed by atoms with E-state index < -0.39 is 8.24 Å². The summed E-state index contributed by atoms with van der Waals surface area (Å²) in [5, 5.41) is 10.6. The van der Waals surface area contributed by atoms with Gasteiger partial charge in [0.1, 0.15) is 8.24 Å². The minimum Gasteiger partial charge on any atom is -0.391 e. The Balaban J connectivity index is 5.42. The molecule has 0 unspecified atom stereocenters. The molecule has 0 saturated heterocycles. The molecule has 0 aliphatic rings. The van der Waals surface area contributed by atoms with Crippen LogP contribution in [-0.4, -0.2) is 25.5 Å². The van der Waals surface area contributed by atoms with E-state index in [0.29, 0.717) is 29.0 Å². The van der Waals surface area contributed by atoms with Crippen LogP contribution in [0.5, 0.6) is 0 Å². The Bertz CT molecular complexity index is 278. The molecule has 0 aliphatic heterocycles. The van der Waals surface area contributed by atoms with Gasteiger partial charge in [0.15, 0.2) is 0 Å². The number of aliphatic hydroxyl groups is 1. The molecule has 0 aromatic carbocycles. The third-order valence-electron chi connectivity index (χ3n) is 4.90. The van der Waals surface area contributed by atoms with Crippen molar-refractivity contribution in [2.24, 2.45) is 5.92 Å². The van der Waals surface area contributed by atoms with Crippen molar-refractivity contribution in [2.45, 2.75) is 97.0 Å². The fourth-order valence-corrected chi connectivity index (χ4v) is 9.93. The van der Waals surface area contributed by atoms with Gasteiger partial charge in [-0.15, -0.1) is 6.58 Å². The fraction of sp³-hybridized carbons (Fsp3) is 0.889. The smallest absolute Gasteiger partial charge is 0.133 e. The molecule has 0 aromatic rings. The van der Waals surface area contributed by atoms with E-state index in [4.69, 9.17) is 0 Å². The van der Waals surface area contributed by atoms with Crippen LogP contribution >= 0.6 is 0 Å². The van der Waals surface area contributed by atoms with Crippen molar-refractivity contribution in [2.75, 3.05) is 0 Å². The molecule has 3 heteroatoms. The Morgan fingerprint density at radius 2 is 1.38 bits per heavy atom. The molecule has 0 saturated carbocycles. The maximum Gasteiger partial charge on any atom is 0.133 e. The molecule has 0 spiro atoms. The molecule has 0 amide bonds. The van der Waals surface area contributed by atoms with Crippen molar-refractivity contribution in [3.63, 3.8) is 0 Å². The second kappa shape index (κ2) is 9.11. The Labute approximate surface area is 134 Å². The molecule has 0 heterocycles. The highest BCUT2D eigenvalue weighted by Gasteiger charge is 2.45. The van der Waals surface area contributed by atoms with E-state index in [-0.39, 0.29) is 12.1 Å². The molecule has 0 rings (SSSR count). The minimum atomic E-state index is -1.69. The van der Waals surface area contributed by atoms with Gasteiger partial charge in [-0.2, -0.15) is 0 Å². The number of rotatable bonds is 10. The molecule has 0 aromatic heterocycles. The SMILES string of the molecule is C=CC[C@H](O)[C@H](CC(C)C)N[Si](C(C)C)(C(C)C)C(C)C. The zero-order chi connectivity index (χ0) is 16.8. The van der Waals surface area contributed by atoms with Crippen LogP contribution in [0, 0.1) is 5.92 Å². The van der Waals surface area contributed by atoms with Crippen molar-refractivity contribution >= 4 is 8.24 Å². The van der Waals surface area contributed by atoms with Gasteiger partial charge in [0.05, 0.1) is 6.10 Å². The van der Waals surface area contributed by atoms with Gasteiger partial charge >= 0.3 is 0 Å². The molecule has 0 fully saturated rings. The lowest BCUT2D eigenvalue weighted by molar-refractivity contribution is 0.127. The van der Waals surface area contributed by atoms with Gasteiger partial charge in [0.2, 0.25) is 0 Å². The fourth-order valence-electron chi connectivity index (χ4n) is 3.98. The van der Waals surface area contributed by atoms with Gasteiger partial charge in [-0.3, -0.25) is 0 Å². The first-order chi connectivity index (χ1) is 9.59. The maximum absolute atomic E-state index is 10.6. The lowest BCUT2D eigenvalue weighted by Gasteiger charge is -2.47. The van der Waals surface area contributed by atoms with E-state index in [1.165, 1.54) is 0 Å². The average molecular weight is 314 g/mol. The van der Waals surface area contributed by atoms with Gasteiger partial charge < -0.3 is 10.1 Å². The first kappa shape index (κ1) is 20.9. The second-order valence-corrected chi connectivity index (χ2v) is 13.5. The topological polar surface area (TPSA) is 32.3 Å². The first-order valence-electron chi connectivity index (χ1n) is 8.66. The van der Waals surface area contributed by atoms with E-state index in [0.717, 1.165) is 6.42 Å². The zero-order valence-corrected chi connectivity index (χ0v) is 16.6. The van der Waals surface area contributed by atoms with Crippen molar-refractivity contribution in [3.8, 4) is 0 Å². The molecule has 2 N–H and O–H groups in total. The summed E-state index contributed by atoms with van der Waals surface area (Å²) in [5.41, 5.74) is 1.97. The predicted molar refractivity (Wildman–Crippen MR) is 98.2 cm³/mol. The van der Waals surface area contributed by atoms with Gasteiger partial charge in [-0.1, -0.05) is 61.5 Å². The number of hydrogen-bond acceptors (Lipinski definition) is 2. The molecule has 0 bridgehead atoms. The van der Waals surface area contributed by atoms with Gasteiger partial charge in [-0.05, 0) is 35.4 Å². The van der Waals surface area contributed by atoms with Crippen LogP contribution in [0.1, 0.15) is 68.2 Å². The van der Waals surface area contributed by atoms with Crippen LogP contribution in [0.2, 0.25) is 16.6 Å². The first-order valence-corrected chi connectivity index (χ1v) is 10.9. The normalized spacial score (nSPS) is 16.0. The van der Waals surface area contributed by atoms with Gasteiger partial charge in [-0.25, -0.2) is 0 Å². The average Bonchev–Trinajstić information content (AvgIpc) is 2.32. The molecule has 0 radical (unpaired) electrons. The highest BCUT2D eigenvalue weighted by atomic mass is 28.3. The van der Waals surface area contributed by atoms with E-state index >= 15 is 0 Å². The van der Waals surface area contributed by atoms with Crippen LogP contribution in [0.3, 0.4) is 0 Å². The maximum atomic E-state index is 10.6. The van der Waals surface area contributed by atoms with Crippen LogP contribution in [0.4, 0.5) is 0 Å². The van der Waals surface area contributed by atoms with Crippen LogP contribution in [-0.2, 0) is 0 Å². The summed E-state index contributed by atoms with van der Waals surface area (Å²) < 4.78 is 0. The highest BCUT2D eigenvalue weighted by molar-refractivity contribution is 6.81. The summed E-state index contributed by atoms with van der Waals surface area (Å²) in [4.78, 5) is 4.02. The Morgan fingerprint density at radius 3 is 1.67 bits per heavy atom. The highest BCUT2D eigenvalue weighted by Crippen LogP contribution is 2.40. The number of aliphatic hydroxyl groups excluding tert-OH is 1. The third kappa shape index (κ3) is 5.54. The van der Waals surface area contributed by atoms with Crippen LogP contribution in [0.25, 0.3) is 0 Å². The lowest BCUT2D eigenvalue weighted by Crippen LogP contribution is -2.63. The molecule has 21 heavy (non-hydrogen) atoms. The summed E-state index contributed by atoms with van der Waals surface area (Å²) in [6, 6.07) is 0.182. The standard InChI is InChI=1S/C18H39NOSi/c1-10-11-18(20)17(12-13(2)3)19-21(14(4)5,15(6)7)16(8)9/h10,13-20H,1,11-12H2,2-9H3/t17-,18-/m0/s1. The quantitative estimate of drug-likeness (QED) is 0.434. The van der Waals surface area contributed by atoms with Crippen molar-refractivity contribution in [1.82, 2.24) is 4.98 Å². The van der Waals surface area contributed by atoms with E-state index in [1.54, 1.807) is 0 Å². The third-order valence-corrected chi connectivity index (χ3v) is 11.5. The number of nitrogens with one attached hydrogen (secondary N) is 1. The Hall–Kier alpha value is -0.123. The van der Waals surface area contributed by atoms with Gasteiger partial charge in [0, 0.05) is 6.04 Å². The largest absolute Gasteiger partial charge is 0.391 e. The lowest BCUT2D eigenvalue weighted by atomic mass is 9.98. The molecule has 0 aliphatic carbocycles. The number of hydrogen-bond donors (Lipinski definition) is 2. The Morgan fingerprint density at radius 1 is 0.952 bits per heavy atom. The molecular formula is C18H39NOSi.